The van der Waals surface area contributed by atoms with Crippen molar-refractivity contribution in [3.05, 3.63) is 99.1 Å². The Morgan fingerprint density at radius 3 is 2.42 bits per heavy atom. The molecule has 0 radical (unpaired) electrons. The van der Waals surface area contributed by atoms with E-state index in [0.29, 0.717) is 16.9 Å². The Morgan fingerprint density at radius 1 is 0.935 bits per heavy atom. The van der Waals surface area contributed by atoms with Crippen LogP contribution in [-0.4, -0.2) is 25.2 Å². The molecule has 31 heavy (non-hydrogen) atoms. The lowest BCUT2D eigenvalue weighted by Gasteiger charge is -2.08. The van der Waals surface area contributed by atoms with Gasteiger partial charge in [-0.2, -0.15) is 5.10 Å². The molecule has 0 fully saturated rings. The molecule has 0 spiro atoms. The maximum Gasteiger partial charge on any atom is 0.336 e. The molecule has 156 valence electrons. The summed E-state index contributed by atoms with van der Waals surface area (Å²) in [6.07, 6.45) is 4.51. The zero-order valence-electron chi connectivity index (χ0n) is 16.6. The highest BCUT2D eigenvalue weighted by atomic mass is 127. The predicted octanol–water partition coefficient (Wildman–Crippen LogP) is 4.68. The van der Waals surface area contributed by atoms with E-state index in [2.05, 4.69) is 33.1 Å². The van der Waals surface area contributed by atoms with Gasteiger partial charge in [0.2, 0.25) is 0 Å². The number of ether oxygens (including phenoxy) is 2. The summed E-state index contributed by atoms with van der Waals surface area (Å²) in [5, 5.41) is 3.99. The number of nitrogens with one attached hydrogen (secondary N) is 1. The Morgan fingerprint density at radius 2 is 1.68 bits per heavy atom. The minimum absolute atomic E-state index is 0.283. The molecular weight excluding hydrogens is 507 g/mol. The summed E-state index contributed by atoms with van der Waals surface area (Å²) in [5.74, 6) is -0.170. The number of carbonyl (C=O) groups excluding carboxylic acids is 2. The third kappa shape index (κ3) is 6.51. The number of hydrogen-bond donors (Lipinski definition) is 1. The second kappa shape index (κ2) is 11.1. The van der Waals surface area contributed by atoms with Crippen molar-refractivity contribution in [2.75, 3.05) is 7.11 Å². The fraction of sp³-hybridized carbons (Fsp3) is 0.0417. The van der Waals surface area contributed by atoms with E-state index in [9.17, 15) is 9.59 Å². The van der Waals surface area contributed by atoms with Gasteiger partial charge in [0, 0.05) is 9.65 Å². The SMILES string of the molecule is COc1cc(C=NNC(=O)c2ccccc2I)ccc1OC(=O)C=Cc1ccccc1. The Kier molecular flexibility index (Phi) is 7.94. The molecule has 0 aromatic heterocycles. The molecule has 6 nitrogen and oxygen atoms in total. The van der Waals surface area contributed by atoms with Gasteiger partial charge in [-0.1, -0.05) is 42.5 Å². The zero-order chi connectivity index (χ0) is 22.1. The Labute approximate surface area is 193 Å². The summed E-state index contributed by atoms with van der Waals surface area (Å²) in [4.78, 5) is 24.3. The van der Waals surface area contributed by atoms with Crippen molar-refractivity contribution in [1.82, 2.24) is 5.43 Å². The van der Waals surface area contributed by atoms with Gasteiger partial charge < -0.3 is 9.47 Å². The van der Waals surface area contributed by atoms with Crippen LogP contribution in [0, 0.1) is 3.57 Å². The van der Waals surface area contributed by atoms with Crippen LogP contribution in [0.4, 0.5) is 0 Å². The lowest BCUT2D eigenvalue weighted by molar-refractivity contribution is -0.129. The van der Waals surface area contributed by atoms with Crippen molar-refractivity contribution < 1.29 is 19.1 Å². The van der Waals surface area contributed by atoms with E-state index in [1.165, 1.54) is 19.4 Å². The van der Waals surface area contributed by atoms with Crippen molar-refractivity contribution in [2.45, 2.75) is 0 Å². The fourth-order valence-corrected chi connectivity index (χ4v) is 3.22. The van der Waals surface area contributed by atoms with Crippen LogP contribution < -0.4 is 14.9 Å². The largest absolute Gasteiger partial charge is 0.493 e. The van der Waals surface area contributed by atoms with E-state index in [4.69, 9.17) is 9.47 Å². The van der Waals surface area contributed by atoms with Crippen LogP contribution in [0.5, 0.6) is 11.5 Å². The molecule has 0 bridgehead atoms. The maximum absolute atomic E-state index is 12.2. The van der Waals surface area contributed by atoms with Crippen molar-refractivity contribution >= 4 is 46.8 Å². The summed E-state index contributed by atoms with van der Waals surface area (Å²) in [7, 11) is 1.48. The first-order valence-electron chi connectivity index (χ1n) is 9.28. The first-order valence-corrected chi connectivity index (χ1v) is 10.4. The number of amides is 1. The molecule has 0 atom stereocenters. The monoisotopic (exact) mass is 526 g/mol. The van der Waals surface area contributed by atoms with E-state index in [1.54, 1.807) is 36.4 Å². The van der Waals surface area contributed by atoms with Crippen LogP contribution in [-0.2, 0) is 4.79 Å². The molecule has 0 aliphatic rings. The normalized spacial score (nSPS) is 10.9. The summed E-state index contributed by atoms with van der Waals surface area (Å²) in [6, 6.07) is 21.6. The predicted molar refractivity (Wildman–Crippen MR) is 128 cm³/mol. The van der Waals surface area contributed by atoms with Gasteiger partial charge in [0.25, 0.3) is 5.91 Å². The molecule has 0 saturated carbocycles. The molecule has 0 heterocycles. The first-order chi connectivity index (χ1) is 15.1. The van der Waals surface area contributed by atoms with Crippen molar-refractivity contribution in [3.8, 4) is 11.5 Å². The van der Waals surface area contributed by atoms with Crippen molar-refractivity contribution in [1.29, 1.82) is 0 Å². The second-order valence-electron chi connectivity index (χ2n) is 6.25. The first kappa shape index (κ1) is 22.2. The topological polar surface area (TPSA) is 77.0 Å². The number of benzene rings is 3. The second-order valence-corrected chi connectivity index (χ2v) is 7.42. The number of nitrogens with zero attached hydrogens (tertiary/aromatic N) is 1. The fourth-order valence-electron chi connectivity index (χ4n) is 2.59. The van der Waals surface area contributed by atoms with Gasteiger partial charge in [0.1, 0.15) is 0 Å². The van der Waals surface area contributed by atoms with Gasteiger partial charge in [-0.3, -0.25) is 4.79 Å². The van der Waals surface area contributed by atoms with Crippen LogP contribution in [0.1, 0.15) is 21.5 Å². The molecule has 1 amide bonds. The molecule has 3 aromatic rings. The Balaban J connectivity index is 1.63. The lowest BCUT2D eigenvalue weighted by atomic mass is 10.2. The number of hydrogen-bond acceptors (Lipinski definition) is 5. The number of methoxy groups -OCH3 is 1. The number of hydrazone groups is 1. The minimum Gasteiger partial charge on any atom is -0.493 e. The highest BCUT2D eigenvalue weighted by molar-refractivity contribution is 14.1. The molecule has 3 rings (SSSR count). The average Bonchev–Trinajstić information content (AvgIpc) is 2.79. The number of rotatable bonds is 7. The van der Waals surface area contributed by atoms with Gasteiger partial charge in [0.05, 0.1) is 18.9 Å². The van der Waals surface area contributed by atoms with E-state index in [-0.39, 0.29) is 11.7 Å². The highest BCUT2D eigenvalue weighted by Gasteiger charge is 2.10. The average molecular weight is 526 g/mol. The van der Waals surface area contributed by atoms with Crippen LogP contribution in [0.2, 0.25) is 0 Å². The zero-order valence-corrected chi connectivity index (χ0v) is 18.8. The van der Waals surface area contributed by atoms with Gasteiger partial charge >= 0.3 is 5.97 Å². The third-order valence-electron chi connectivity index (χ3n) is 4.11. The molecule has 7 heteroatoms. The highest BCUT2D eigenvalue weighted by Crippen LogP contribution is 2.27. The van der Waals surface area contributed by atoms with Crippen molar-refractivity contribution in [3.63, 3.8) is 0 Å². The number of halogens is 1. The number of carbonyl (C=O) groups is 2. The molecule has 1 N–H and O–H groups in total. The summed E-state index contributed by atoms with van der Waals surface area (Å²) in [5.41, 5.74) is 4.60. The van der Waals surface area contributed by atoms with Gasteiger partial charge in [-0.15, -0.1) is 0 Å². The van der Waals surface area contributed by atoms with Gasteiger partial charge in [-0.05, 0) is 70.1 Å². The van der Waals surface area contributed by atoms with Gasteiger partial charge in [-0.25, -0.2) is 10.2 Å². The summed E-state index contributed by atoms with van der Waals surface area (Å²) < 4.78 is 11.5. The minimum atomic E-state index is -0.520. The summed E-state index contributed by atoms with van der Waals surface area (Å²) >= 11 is 2.09. The number of esters is 1. The quantitative estimate of drug-likeness (QED) is 0.121. The Hall–Kier alpha value is -3.46. The van der Waals surface area contributed by atoms with Crippen LogP contribution in [0.25, 0.3) is 6.08 Å². The summed E-state index contributed by atoms with van der Waals surface area (Å²) in [6.45, 7) is 0. The molecule has 0 aliphatic carbocycles. The molecule has 0 saturated heterocycles. The van der Waals surface area contributed by atoms with Gasteiger partial charge in [0.15, 0.2) is 11.5 Å². The van der Waals surface area contributed by atoms with E-state index in [1.807, 2.05) is 42.5 Å². The van der Waals surface area contributed by atoms with Crippen LogP contribution in [0.3, 0.4) is 0 Å². The maximum atomic E-state index is 12.2. The molecule has 0 unspecified atom stereocenters. The van der Waals surface area contributed by atoms with Crippen molar-refractivity contribution in [2.24, 2.45) is 5.10 Å². The van der Waals surface area contributed by atoms with E-state index in [0.717, 1.165) is 9.13 Å². The smallest absolute Gasteiger partial charge is 0.336 e. The van der Waals surface area contributed by atoms with E-state index < -0.39 is 5.97 Å². The van der Waals surface area contributed by atoms with Crippen LogP contribution >= 0.6 is 22.6 Å². The molecule has 0 aliphatic heterocycles. The van der Waals surface area contributed by atoms with E-state index >= 15 is 0 Å². The lowest BCUT2D eigenvalue weighted by Crippen LogP contribution is -2.18. The third-order valence-corrected chi connectivity index (χ3v) is 5.05. The standard InChI is InChI=1S/C24H19IN2O4/c1-30-22-15-18(16-26-27-24(29)19-9-5-6-10-20(19)25)11-13-21(22)31-23(28)14-12-17-7-3-2-4-8-17/h2-16H,1H3,(H,27,29). The Bertz CT molecular complexity index is 1130. The molecule has 3 aromatic carbocycles. The molecular formula is C24H19IN2O4. The van der Waals surface area contributed by atoms with Crippen LogP contribution in [0.15, 0.2) is 84.0 Å².